The van der Waals surface area contributed by atoms with Gasteiger partial charge in [0.25, 0.3) is 0 Å². The topological polar surface area (TPSA) is 109 Å². The third-order valence-corrected chi connectivity index (χ3v) is 4.09. The Hall–Kier alpha value is -2.16. The molecule has 1 aromatic carbocycles. The van der Waals surface area contributed by atoms with E-state index in [0.717, 1.165) is 0 Å². The van der Waals surface area contributed by atoms with Crippen LogP contribution in [0.15, 0.2) is 18.2 Å². The molecule has 2 rings (SSSR count). The molecule has 8 nitrogen and oxygen atoms in total. The summed E-state index contributed by atoms with van der Waals surface area (Å²) in [4.78, 5) is 15.0. The van der Waals surface area contributed by atoms with Crippen molar-refractivity contribution in [1.82, 2.24) is 15.2 Å². The van der Waals surface area contributed by atoms with E-state index in [0.29, 0.717) is 46.6 Å². The molecule has 0 fully saturated rings. The first-order chi connectivity index (χ1) is 12.5. The van der Waals surface area contributed by atoms with Gasteiger partial charge < -0.3 is 19.9 Å². The molecule has 0 amide bonds. The Balaban J connectivity index is 1.82. The molecule has 0 atom stereocenters. The van der Waals surface area contributed by atoms with Gasteiger partial charge in [-0.2, -0.15) is 0 Å². The van der Waals surface area contributed by atoms with E-state index < -0.39 is 6.16 Å². The average molecular weight is 401 g/mol. The van der Waals surface area contributed by atoms with Crippen LogP contribution in [0.3, 0.4) is 0 Å². The fourth-order valence-corrected chi connectivity index (χ4v) is 2.43. The highest BCUT2D eigenvalue weighted by atomic mass is 35.5. The minimum atomic E-state index is -0.733. The zero-order valence-electron chi connectivity index (χ0n) is 14.1. The first kappa shape index (κ1) is 20.2. The third-order valence-electron chi connectivity index (χ3n) is 3.27. The van der Waals surface area contributed by atoms with Crippen molar-refractivity contribution in [2.45, 2.75) is 12.8 Å². The highest BCUT2D eigenvalue weighted by Crippen LogP contribution is 2.34. The minimum absolute atomic E-state index is 0.132. The number of benzene rings is 1. The third kappa shape index (κ3) is 5.69. The lowest BCUT2D eigenvalue weighted by atomic mass is 10.1. The second kappa shape index (κ2) is 10.1. The Morgan fingerprint density at radius 1 is 1.19 bits per heavy atom. The smallest absolute Gasteiger partial charge is 0.438 e. The largest absolute Gasteiger partial charge is 0.508 e. The van der Waals surface area contributed by atoms with Crippen molar-refractivity contribution in [3.05, 3.63) is 34.1 Å². The Morgan fingerprint density at radius 3 is 2.73 bits per heavy atom. The number of aromatic nitrogens is 3. The number of nitrogens with zero attached hydrogens (tertiary/aromatic N) is 3. The molecular weight excluding hydrogens is 383 g/mol. The van der Waals surface area contributed by atoms with Gasteiger partial charge in [-0.25, -0.2) is 9.78 Å². The lowest BCUT2D eigenvalue weighted by Gasteiger charge is -2.08. The van der Waals surface area contributed by atoms with Crippen LogP contribution in [0.25, 0.3) is 11.3 Å². The lowest BCUT2D eigenvalue weighted by Crippen LogP contribution is -2.11. The van der Waals surface area contributed by atoms with Gasteiger partial charge in [0.15, 0.2) is 11.6 Å². The molecule has 0 aliphatic carbocycles. The van der Waals surface area contributed by atoms with Crippen LogP contribution in [0.5, 0.6) is 0 Å². The van der Waals surface area contributed by atoms with Crippen LogP contribution >= 0.6 is 23.2 Å². The molecule has 1 aromatic heterocycles. The maximum absolute atomic E-state index is 10.7. The molecule has 140 valence electrons. The summed E-state index contributed by atoms with van der Waals surface area (Å²) in [5.41, 5.74) is 6.94. The van der Waals surface area contributed by atoms with Gasteiger partial charge in [-0.3, -0.25) is 0 Å². The zero-order valence-corrected chi connectivity index (χ0v) is 15.6. The van der Waals surface area contributed by atoms with Gasteiger partial charge in [0, 0.05) is 18.6 Å². The van der Waals surface area contributed by atoms with E-state index >= 15 is 0 Å². The number of nitrogen functional groups attached to an aromatic ring is 1. The second-order valence-corrected chi connectivity index (χ2v) is 5.87. The van der Waals surface area contributed by atoms with Gasteiger partial charge in [-0.05, 0) is 12.5 Å². The number of halogens is 2. The average Bonchev–Trinajstić information content (AvgIpc) is 2.63. The number of carbonyl (C=O) groups excluding carboxylic acids is 1. The summed E-state index contributed by atoms with van der Waals surface area (Å²) in [6, 6.07) is 5.18. The van der Waals surface area contributed by atoms with E-state index in [4.69, 9.17) is 33.7 Å². The summed E-state index contributed by atoms with van der Waals surface area (Å²) in [7, 11) is 1.24. The molecule has 0 unspecified atom stereocenters. The summed E-state index contributed by atoms with van der Waals surface area (Å²) in [5.74, 6) is 0.727. The standard InChI is InChI=1S/C16H18Cl2N4O4/c1-24-16(23)26-9-8-25-7-3-6-12-20-15(19)14(22-21-12)10-4-2-5-11(17)13(10)18/h2,4-5H,3,6-9H2,1H3,(H2,19,20,21). The highest BCUT2D eigenvalue weighted by molar-refractivity contribution is 6.43. The Labute approximate surface area is 160 Å². The van der Waals surface area contributed by atoms with E-state index in [1.165, 1.54) is 7.11 Å². The van der Waals surface area contributed by atoms with Crippen LogP contribution in [0.2, 0.25) is 10.0 Å². The molecule has 0 aliphatic rings. The Bertz CT molecular complexity index is 761. The number of methoxy groups -OCH3 is 1. The van der Waals surface area contributed by atoms with Crippen molar-refractivity contribution in [3.8, 4) is 11.3 Å². The van der Waals surface area contributed by atoms with Gasteiger partial charge in [-0.15, -0.1) is 10.2 Å². The summed E-state index contributed by atoms with van der Waals surface area (Å²) in [6.07, 6.45) is 0.471. The zero-order chi connectivity index (χ0) is 18.9. The summed E-state index contributed by atoms with van der Waals surface area (Å²) in [5, 5.41) is 8.94. The van der Waals surface area contributed by atoms with Gasteiger partial charge >= 0.3 is 6.16 Å². The van der Waals surface area contributed by atoms with Crippen LogP contribution < -0.4 is 5.73 Å². The molecule has 0 bridgehead atoms. The molecule has 26 heavy (non-hydrogen) atoms. The molecule has 2 aromatic rings. The predicted molar refractivity (Wildman–Crippen MR) is 97.2 cm³/mol. The summed E-state index contributed by atoms with van der Waals surface area (Å²) >= 11 is 12.2. The first-order valence-corrected chi connectivity index (χ1v) is 8.50. The Kier molecular flexibility index (Phi) is 7.83. The van der Waals surface area contributed by atoms with Crippen molar-refractivity contribution in [1.29, 1.82) is 0 Å². The van der Waals surface area contributed by atoms with E-state index in [2.05, 4.69) is 24.7 Å². The fraction of sp³-hybridized carbons (Fsp3) is 0.375. The van der Waals surface area contributed by atoms with Crippen LogP contribution in [-0.2, 0) is 20.6 Å². The maximum atomic E-state index is 10.7. The quantitative estimate of drug-likeness (QED) is 0.531. The van der Waals surface area contributed by atoms with Crippen LogP contribution in [0.1, 0.15) is 12.2 Å². The fourth-order valence-electron chi connectivity index (χ4n) is 2.03. The number of ether oxygens (including phenoxy) is 3. The molecule has 0 spiro atoms. The van der Waals surface area contributed by atoms with Crippen molar-refractivity contribution < 1.29 is 19.0 Å². The molecule has 0 aliphatic heterocycles. The summed E-state index contributed by atoms with van der Waals surface area (Å²) < 4.78 is 14.4. The number of rotatable bonds is 8. The number of aryl methyl sites for hydroxylation is 1. The lowest BCUT2D eigenvalue weighted by molar-refractivity contribution is 0.0371. The predicted octanol–water partition coefficient (Wildman–Crippen LogP) is 3.16. The monoisotopic (exact) mass is 400 g/mol. The van der Waals surface area contributed by atoms with Crippen LogP contribution in [0, 0.1) is 0 Å². The number of anilines is 1. The molecule has 1 heterocycles. The van der Waals surface area contributed by atoms with Crippen LogP contribution in [0.4, 0.5) is 10.6 Å². The van der Waals surface area contributed by atoms with Crippen molar-refractivity contribution in [2.24, 2.45) is 0 Å². The SMILES string of the molecule is COC(=O)OCCOCCCc1nnc(-c2cccc(Cl)c2Cl)c(N)n1. The van der Waals surface area contributed by atoms with E-state index in [1.54, 1.807) is 18.2 Å². The normalized spacial score (nSPS) is 10.6. The van der Waals surface area contributed by atoms with E-state index in [9.17, 15) is 4.79 Å². The van der Waals surface area contributed by atoms with Gasteiger partial charge in [0.1, 0.15) is 12.3 Å². The number of carbonyl (C=O) groups is 1. The number of nitrogens with two attached hydrogens (primary N) is 1. The molecular formula is C16H18Cl2N4O4. The molecule has 0 saturated carbocycles. The molecule has 0 radical (unpaired) electrons. The first-order valence-electron chi connectivity index (χ1n) is 7.75. The Morgan fingerprint density at radius 2 is 2.00 bits per heavy atom. The number of hydrogen-bond donors (Lipinski definition) is 1. The van der Waals surface area contributed by atoms with E-state index in [1.807, 2.05) is 0 Å². The maximum Gasteiger partial charge on any atom is 0.508 e. The number of hydrogen-bond acceptors (Lipinski definition) is 8. The molecule has 0 saturated heterocycles. The second-order valence-electron chi connectivity index (χ2n) is 5.08. The molecule has 2 N–H and O–H groups in total. The van der Waals surface area contributed by atoms with Crippen LogP contribution in [-0.4, -0.2) is 48.3 Å². The van der Waals surface area contributed by atoms with E-state index in [-0.39, 0.29) is 19.0 Å². The van der Waals surface area contributed by atoms with Crippen molar-refractivity contribution in [2.75, 3.05) is 32.7 Å². The summed E-state index contributed by atoms with van der Waals surface area (Å²) in [6.45, 7) is 0.866. The van der Waals surface area contributed by atoms with Gasteiger partial charge in [0.05, 0.1) is 23.8 Å². The van der Waals surface area contributed by atoms with Crippen molar-refractivity contribution >= 4 is 35.2 Å². The highest BCUT2D eigenvalue weighted by Gasteiger charge is 2.13. The van der Waals surface area contributed by atoms with Gasteiger partial charge in [-0.1, -0.05) is 35.3 Å². The van der Waals surface area contributed by atoms with Gasteiger partial charge in [0.2, 0.25) is 0 Å². The van der Waals surface area contributed by atoms with Crippen molar-refractivity contribution in [3.63, 3.8) is 0 Å². The minimum Gasteiger partial charge on any atom is -0.438 e. The molecule has 10 heteroatoms.